The van der Waals surface area contributed by atoms with Crippen LogP contribution in [0.2, 0.25) is 0 Å². The number of rotatable bonds is 6. The number of carbonyl (C=O) groups excluding carboxylic acids is 2. The lowest BCUT2D eigenvalue weighted by Crippen LogP contribution is -2.58. The lowest BCUT2D eigenvalue weighted by Gasteiger charge is -2.30. The van der Waals surface area contributed by atoms with Crippen LogP contribution in [0.3, 0.4) is 0 Å². The molecule has 1 atom stereocenters. The third-order valence-electron chi connectivity index (χ3n) is 4.28. The van der Waals surface area contributed by atoms with Crippen LogP contribution in [0.5, 0.6) is 0 Å². The van der Waals surface area contributed by atoms with Crippen molar-refractivity contribution in [2.45, 2.75) is 90.3 Å². The Kier molecular flexibility index (Phi) is 7.26. The number of carbonyl (C=O) groups is 3. The number of ether oxygens (including phenoxy) is 1. The number of amides is 2. The van der Waals surface area contributed by atoms with E-state index in [1.54, 1.807) is 20.8 Å². The Labute approximate surface area is 149 Å². The van der Waals surface area contributed by atoms with E-state index < -0.39 is 35.2 Å². The SMILES string of the molecule is CC(C)(C)OC(=O)NC(C)(C)C(=O)NC(CC1CCCCC1)C(=O)O. The van der Waals surface area contributed by atoms with Crippen molar-refractivity contribution in [3.8, 4) is 0 Å². The summed E-state index contributed by atoms with van der Waals surface area (Å²) in [6.07, 6.45) is 5.11. The molecule has 1 unspecified atom stereocenters. The van der Waals surface area contributed by atoms with Gasteiger partial charge in [-0.15, -0.1) is 0 Å². The van der Waals surface area contributed by atoms with Gasteiger partial charge in [-0.25, -0.2) is 9.59 Å². The quantitative estimate of drug-likeness (QED) is 0.679. The van der Waals surface area contributed by atoms with E-state index in [9.17, 15) is 19.5 Å². The summed E-state index contributed by atoms with van der Waals surface area (Å²) in [5.74, 6) is -1.27. The molecule has 0 aromatic carbocycles. The molecule has 25 heavy (non-hydrogen) atoms. The molecule has 144 valence electrons. The van der Waals surface area contributed by atoms with E-state index in [0.29, 0.717) is 12.3 Å². The van der Waals surface area contributed by atoms with Crippen LogP contribution in [0.4, 0.5) is 4.79 Å². The maximum atomic E-state index is 12.5. The molecule has 0 spiro atoms. The number of alkyl carbamates (subject to hydrolysis) is 1. The van der Waals surface area contributed by atoms with E-state index in [1.807, 2.05) is 0 Å². The highest BCUT2D eigenvalue weighted by molar-refractivity contribution is 5.92. The lowest BCUT2D eigenvalue weighted by molar-refractivity contribution is -0.143. The first-order valence-electron chi connectivity index (χ1n) is 8.95. The van der Waals surface area contributed by atoms with Crippen LogP contribution in [-0.4, -0.2) is 40.3 Å². The van der Waals surface area contributed by atoms with Gasteiger partial charge in [-0.3, -0.25) is 4.79 Å². The molecule has 7 nitrogen and oxygen atoms in total. The second kappa shape index (κ2) is 8.54. The van der Waals surface area contributed by atoms with Crippen molar-refractivity contribution in [3.05, 3.63) is 0 Å². The molecular weight excluding hydrogens is 324 g/mol. The Morgan fingerprint density at radius 2 is 1.64 bits per heavy atom. The first-order valence-corrected chi connectivity index (χ1v) is 8.95. The van der Waals surface area contributed by atoms with Gasteiger partial charge in [0.25, 0.3) is 0 Å². The molecule has 2 amide bonds. The topological polar surface area (TPSA) is 105 Å². The summed E-state index contributed by atoms with van der Waals surface area (Å²) in [4.78, 5) is 35.9. The molecule has 1 fully saturated rings. The third kappa shape index (κ3) is 7.75. The van der Waals surface area contributed by atoms with E-state index in [2.05, 4.69) is 10.6 Å². The maximum Gasteiger partial charge on any atom is 0.408 e. The van der Waals surface area contributed by atoms with Crippen molar-refractivity contribution in [2.75, 3.05) is 0 Å². The Hall–Kier alpha value is -1.79. The molecule has 0 aliphatic heterocycles. The minimum absolute atomic E-state index is 0.317. The van der Waals surface area contributed by atoms with Gasteiger partial charge in [0.15, 0.2) is 0 Å². The van der Waals surface area contributed by atoms with Crippen LogP contribution in [0, 0.1) is 5.92 Å². The molecule has 1 saturated carbocycles. The van der Waals surface area contributed by atoms with Crippen LogP contribution in [0.25, 0.3) is 0 Å². The number of carboxylic acid groups (broad SMARTS) is 1. The number of nitrogens with one attached hydrogen (secondary N) is 2. The fourth-order valence-corrected chi connectivity index (χ4v) is 2.93. The summed E-state index contributed by atoms with van der Waals surface area (Å²) in [5, 5.41) is 14.5. The highest BCUT2D eigenvalue weighted by Gasteiger charge is 2.35. The van der Waals surface area contributed by atoms with E-state index in [1.165, 1.54) is 20.3 Å². The molecule has 0 aromatic heterocycles. The second-order valence-corrected chi connectivity index (χ2v) is 8.36. The Balaban J connectivity index is 2.64. The van der Waals surface area contributed by atoms with Gasteiger partial charge in [0.05, 0.1) is 0 Å². The number of aliphatic carboxylic acids is 1. The zero-order chi connectivity index (χ0) is 19.3. The van der Waals surface area contributed by atoms with Gasteiger partial charge in [-0.2, -0.15) is 0 Å². The Morgan fingerprint density at radius 1 is 1.08 bits per heavy atom. The molecule has 1 aliphatic rings. The molecule has 0 radical (unpaired) electrons. The summed E-state index contributed by atoms with van der Waals surface area (Å²) in [6, 6.07) is -0.949. The zero-order valence-corrected chi connectivity index (χ0v) is 16.0. The summed E-state index contributed by atoms with van der Waals surface area (Å²) in [7, 11) is 0. The molecule has 0 bridgehead atoms. The van der Waals surface area contributed by atoms with Gasteiger partial charge in [0.1, 0.15) is 17.2 Å². The molecule has 0 saturated heterocycles. The largest absolute Gasteiger partial charge is 0.480 e. The first-order chi connectivity index (χ1) is 11.4. The monoisotopic (exact) mass is 356 g/mol. The second-order valence-electron chi connectivity index (χ2n) is 8.36. The molecule has 0 heterocycles. The van der Waals surface area contributed by atoms with E-state index in [-0.39, 0.29) is 0 Å². The third-order valence-corrected chi connectivity index (χ3v) is 4.28. The normalized spacial score (nSPS) is 17.5. The lowest BCUT2D eigenvalue weighted by atomic mass is 9.84. The van der Waals surface area contributed by atoms with Gasteiger partial charge in [-0.1, -0.05) is 32.1 Å². The van der Waals surface area contributed by atoms with Crippen molar-refractivity contribution in [3.63, 3.8) is 0 Å². The smallest absolute Gasteiger partial charge is 0.408 e. The van der Waals surface area contributed by atoms with E-state index >= 15 is 0 Å². The summed E-state index contributed by atoms with van der Waals surface area (Å²) < 4.78 is 5.15. The Bertz CT molecular complexity index is 490. The zero-order valence-electron chi connectivity index (χ0n) is 16.0. The van der Waals surface area contributed by atoms with Crippen molar-refractivity contribution in [1.82, 2.24) is 10.6 Å². The van der Waals surface area contributed by atoms with Gasteiger partial charge in [0, 0.05) is 0 Å². The Morgan fingerprint density at radius 3 is 2.12 bits per heavy atom. The van der Waals surface area contributed by atoms with Crippen molar-refractivity contribution in [2.24, 2.45) is 5.92 Å². The van der Waals surface area contributed by atoms with Crippen LogP contribution in [0.15, 0.2) is 0 Å². The maximum absolute atomic E-state index is 12.5. The molecule has 3 N–H and O–H groups in total. The van der Waals surface area contributed by atoms with E-state index in [4.69, 9.17) is 4.74 Å². The van der Waals surface area contributed by atoms with Crippen LogP contribution in [-0.2, 0) is 14.3 Å². The number of carboxylic acids is 1. The predicted molar refractivity (Wildman–Crippen MR) is 94.2 cm³/mol. The molecule has 1 rings (SSSR count). The predicted octanol–water partition coefficient (Wildman–Crippen LogP) is 2.83. The fourth-order valence-electron chi connectivity index (χ4n) is 2.93. The average molecular weight is 356 g/mol. The summed E-state index contributed by atoms with van der Waals surface area (Å²) in [6.45, 7) is 8.22. The van der Waals surface area contributed by atoms with Crippen LogP contribution < -0.4 is 10.6 Å². The summed E-state index contributed by atoms with van der Waals surface area (Å²) in [5.41, 5.74) is -1.95. The highest BCUT2D eigenvalue weighted by atomic mass is 16.6. The van der Waals surface area contributed by atoms with Crippen molar-refractivity contribution in [1.29, 1.82) is 0 Å². The summed E-state index contributed by atoms with van der Waals surface area (Å²) >= 11 is 0. The number of hydrogen-bond donors (Lipinski definition) is 3. The number of hydrogen-bond acceptors (Lipinski definition) is 4. The van der Waals surface area contributed by atoms with Crippen LogP contribution >= 0.6 is 0 Å². The van der Waals surface area contributed by atoms with Gasteiger partial charge in [-0.05, 0) is 47.0 Å². The standard InChI is InChI=1S/C18H32N2O5/c1-17(2,3)25-16(24)20-18(4,5)15(23)19-13(14(21)22)11-12-9-7-6-8-10-12/h12-13H,6-11H2,1-5H3,(H,19,23)(H,20,24)(H,21,22). The first kappa shape index (κ1) is 21.3. The van der Waals surface area contributed by atoms with Crippen molar-refractivity contribution >= 4 is 18.0 Å². The fraction of sp³-hybridized carbons (Fsp3) is 0.833. The molecule has 0 aromatic rings. The minimum Gasteiger partial charge on any atom is -0.480 e. The molecular formula is C18H32N2O5. The minimum atomic E-state index is -1.28. The highest BCUT2D eigenvalue weighted by Crippen LogP contribution is 2.27. The molecule has 7 heteroatoms. The average Bonchev–Trinajstić information content (AvgIpc) is 2.44. The van der Waals surface area contributed by atoms with Crippen molar-refractivity contribution < 1.29 is 24.2 Å². The van der Waals surface area contributed by atoms with E-state index in [0.717, 1.165) is 25.7 Å². The molecule has 1 aliphatic carbocycles. The van der Waals surface area contributed by atoms with Gasteiger partial charge < -0.3 is 20.5 Å². The van der Waals surface area contributed by atoms with Crippen LogP contribution in [0.1, 0.15) is 73.1 Å². The van der Waals surface area contributed by atoms with Gasteiger partial charge >= 0.3 is 12.1 Å². The van der Waals surface area contributed by atoms with Gasteiger partial charge in [0.2, 0.25) is 5.91 Å².